The maximum atomic E-state index is 3.25. The Balaban J connectivity index is 0.000000381. The van der Waals surface area contributed by atoms with Gasteiger partial charge in [0.05, 0.1) is 0 Å². The third-order valence-electron chi connectivity index (χ3n) is 1.76. The summed E-state index contributed by atoms with van der Waals surface area (Å²) in [5.41, 5.74) is 1.35. The molecule has 0 aromatic heterocycles. The molecule has 0 atom stereocenters. The van der Waals surface area contributed by atoms with Crippen LogP contribution in [0.1, 0.15) is 5.56 Å². The normalized spacial score (nSPS) is 8.36. The van der Waals surface area contributed by atoms with Crippen LogP contribution in [-0.4, -0.2) is 0 Å². The van der Waals surface area contributed by atoms with Gasteiger partial charge in [-0.05, 0) is 0 Å². The van der Waals surface area contributed by atoms with Crippen molar-refractivity contribution >= 4 is 10.8 Å². The van der Waals surface area contributed by atoms with Gasteiger partial charge >= 0.3 is 26.2 Å². The molecule has 2 rings (SSSR count). The minimum atomic E-state index is 0. The first-order chi connectivity index (χ1) is 6.27. The molecular formula is C13H14Zr. The molecule has 0 aliphatic rings. The van der Waals surface area contributed by atoms with Crippen LogP contribution in [0.5, 0.6) is 0 Å². The average Bonchev–Trinajstić information content (AvgIpc) is 2.45. The number of benzene rings is 1. The predicted molar refractivity (Wildman–Crippen MR) is 59.8 cm³/mol. The minimum absolute atomic E-state index is 0. The van der Waals surface area contributed by atoms with Crippen LogP contribution < -0.4 is 0 Å². The van der Waals surface area contributed by atoms with Gasteiger partial charge in [-0.25, -0.2) is 19.6 Å². The first-order valence-electron chi connectivity index (χ1n) is 4.30. The second kappa shape index (κ2) is 6.73. The maximum absolute atomic E-state index is 3.25. The number of hydrogen-bond donors (Lipinski definition) is 0. The SMILES string of the molecule is C=C[CH2-].Cc1cc2ccccc2[cH-]1.[Zr+2]. The van der Waals surface area contributed by atoms with Gasteiger partial charge in [0.2, 0.25) is 0 Å². The molecule has 0 spiro atoms. The first-order valence-corrected chi connectivity index (χ1v) is 4.30. The smallest absolute Gasteiger partial charge is 0.245 e. The Labute approximate surface area is 105 Å². The van der Waals surface area contributed by atoms with Crippen LogP contribution in [0.2, 0.25) is 0 Å². The van der Waals surface area contributed by atoms with Crippen molar-refractivity contribution in [3.05, 3.63) is 61.5 Å². The number of hydrogen-bond acceptors (Lipinski definition) is 0. The van der Waals surface area contributed by atoms with Gasteiger partial charge < -0.3 is 0 Å². The van der Waals surface area contributed by atoms with E-state index in [9.17, 15) is 0 Å². The molecule has 0 radical (unpaired) electrons. The van der Waals surface area contributed by atoms with Gasteiger partial charge in [0.25, 0.3) is 0 Å². The van der Waals surface area contributed by atoms with Crippen LogP contribution in [0.3, 0.4) is 0 Å². The fraction of sp³-hybridized carbons (Fsp3) is 0.0769. The molecule has 0 aliphatic carbocycles. The van der Waals surface area contributed by atoms with Crippen molar-refractivity contribution in [1.82, 2.24) is 0 Å². The molecule has 0 nitrogen and oxygen atoms in total. The standard InChI is InChI=1S/C10H9.C3H5.Zr/c1-8-6-9-4-2-3-5-10(9)7-8;1-3-2;/h2-7H,1H3;3H,1-2H2;/q2*-1;+2. The van der Waals surface area contributed by atoms with Crippen molar-refractivity contribution in [2.75, 3.05) is 0 Å². The minimum Gasteiger partial charge on any atom is -0.245 e. The molecule has 0 saturated heterocycles. The summed E-state index contributed by atoms with van der Waals surface area (Å²) in [4.78, 5) is 0. The van der Waals surface area contributed by atoms with E-state index >= 15 is 0 Å². The summed E-state index contributed by atoms with van der Waals surface area (Å²) >= 11 is 0. The van der Waals surface area contributed by atoms with Crippen molar-refractivity contribution < 1.29 is 26.2 Å². The van der Waals surface area contributed by atoms with Crippen LogP contribution in [0, 0.1) is 13.8 Å². The number of allylic oxidation sites excluding steroid dienone is 1. The Morgan fingerprint density at radius 3 is 2.50 bits per heavy atom. The molecule has 14 heavy (non-hydrogen) atoms. The van der Waals surface area contributed by atoms with Gasteiger partial charge in [-0.15, -0.1) is 40.6 Å². The number of fused-ring (bicyclic) bond motifs is 1. The van der Waals surface area contributed by atoms with E-state index in [0.717, 1.165) is 0 Å². The zero-order valence-electron chi connectivity index (χ0n) is 8.46. The Kier molecular flexibility index (Phi) is 6.40. The van der Waals surface area contributed by atoms with Crippen molar-refractivity contribution in [3.63, 3.8) is 0 Å². The fourth-order valence-corrected chi connectivity index (χ4v) is 1.31. The van der Waals surface area contributed by atoms with Crippen molar-refractivity contribution in [2.45, 2.75) is 6.92 Å². The summed E-state index contributed by atoms with van der Waals surface area (Å²) in [6.45, 7) is 8.62. The van der Waals surface area contributed by atoms with Crippen molar-refractivity contribution in [1.29, 1.82) is 0 Å². The quantitative estimate of drug-likeness (QED) is 0.632. The summed E-state index contributed by atoms with van der Waals surface area (Å²) in [6, 6.07) is 12.8. The van der Waals surface area contributed by atoms with Gasteiger partial charge in [0, 0.05) is 0 Å². The van der Waals surface area contributed by atoms with Crippen LogP contribution in [0.15, 0.2) is 49.1 Å². The van der Waals surface area contributed by atoms with Gasteiger partial charge in [0.1, 0.15) is 0 Å². The zero-order valence-corrected chi connectivity index (χ0v) is 10.9. The molecule has 0 amide bonds. The monoisotopic (exact) mass is 260 g/mol. The van der Waals surface area contributed by atoms with E-state index in [1.54, 1.807) is 0 Å². The Bertz CT molecular complexity index is 352. The molecule has 0 heterocycles. The third-order valence-corrected chi connectivity index (χ3v) is 1.76. The molecule has 70 valence electrons. The molecule has 0 bridgehead atoms. The third kappa shape index (κ3) is 3.59. The second-order valence-electron chi connectivity index (χ2n) is 2.95. The van der Waals surface area contributed by atoms with E-state index < -0.39 is 0 Å². The molecule has 0 unspecified atom stereocenters. The summed E-state index contributed by atoms with van der Waals surface area (Å²) < 4.78 is 0. The largest absolute Gasteiger partial charge is 2.00 e. The summed E-state index contributed by atoms with van der Waals surface area (Å²) in [7, 11) is 0. The molecule has 2 aromatic carbocycles. The first kappa shape index (κ1) is 13.3. The van der Waals surface area contributed by atoms with E-state index in [4.69, 9.17) is 0 Å². The predicted octanol–water partition coefficient (Wildman–Crippen LogP) is 3.87. The van der Waals surface area contributed by atoms with E-state index in [1.165, 1.54) is 22.4 Å². The maximum Gasteiger partial charge on any atom is 2.00 e. The topological polar surface area (TPSA) is 0 Å². The van der Waals surface area contributed by atoms with E-state index in [0.29, 0.717) is 0 Å². The number of rotatable bonds is 0. The van der Waals surface area contributed by atoms with Gasteiger partial charge in [-0.1, -0.05) is 13.0 Å². The van der Waals surface area contributed by atoms with Gasteiger partial charge in [-0.2, -0.15) is 6.07 Å². The fourth-order valence-electron chi connectivity index (χ4n) is 1.31. The van der Waals surface area contributed by atoms with Gasteiger partial charge in [-0.3, -0.25) is 0 Å². The molecule has 0 N–H and O–H groups in total. The average molecular weight is 261 g/mol. The van der Waals surface area contributed by atoms with E-state index in [2.05, 4.69) is 56.8 Å². The molecule has 0 aliphatic heterocycles. The van der Waals surface area contributed by atoms with Crippen LogP contribution in [0.4, 0.5) is 0 Å². The molecule has 1 heteroatoms. The summed E-state index contributed by atoms with van der Waals surface area (Å²) in [5, 5.41) is 2.69. The van der Waals surface area contributed by atoms with Crippen LogP contribution >= 0.6 is 0 Å². The molecule has 0 saturated carbocycles. The summed E-state index contributed by atoms with van der Waals surface area (Å²) in [6.07, 6.45) is 1.50. The molecule has 0 fully saturated rings. The van der Waals surface area contributed by atoms with Crippen LogP contribution in [-0.2, 0) is 26.2 Å². The van der Waals surface area contributed by atoms with E-state index in [1.807, 2.05) is 0 Å². The molecule has 2 aromatic rings. The Morgan fingerprint density at radius 2 is 1.93 bits per heavy atom. The van der Waals surface area contributed by atoms with Crippen LogP contribution in [0.25, 0.3) is 10.8 Å². The zero-order chi connectivity index (χ0) is 9.68. The van der Waals surface area contributed by atoms with Gasteiger partial charge in [0.15, 0.2) is 0 Å². The van der Waals surface area contributed by atoms with Crippen molar-refractivity contribution in [2.24, 2.45) is 0 Å². The Morgan fingerprint density at radius 1 is 1.36 bits per heavy atom. The van der Waals surface area contributed by atoms with E-state index in [-0.39, 0.29) is 26.2 Å². The van der Waals surface area contributed by atoms with Crippen molar-refractivity contribution in [3.8, 4) is 0 Å². The Hall–Kier alpha value is -0.677. The number of aryl methyl sites for hydroxylation is 1. The molecular weight excluding hydrogens is 247 g/mol. The summed E-state index contributed by atoms with van der Waals surface area (Å²) in [5.74, 6) is 0. The second-order valence-corrected chi connectivity index (χ2v) is 2.95.